The van der Waals surface area contributed by atoms with Crippen LogP contribution >= 0.6 is 0 Å². The Kier molecular flexibility index (Phi) is 5.83. The molecule has 144 valence electrons. The van der Waals surface area contributed by atoms with Crippen LogP contribution in [0.3, 0.4) is 0 Å². The van der Waals surface area contributed by atoms with Gasteiger partial charge in [-0.1, -0.05) is 60.2 Å². The molecule has 3 aromatic rings. The lowest BCUT2D eigenvalue weighted by Gasteiger charge is -2.14. The summed E-state index contributed by atoms with van der Waals surface area (Å²) in [6.07, 6.45) is 2.50. The van der Waals surface area contributed by atoms with Crippen molar-refractivity contribution in [2.75, 3.05) is 23.8 Å². The van der Waals surface area contributed by atoms with Gasteiger partial charge in [-0.3, -0.25) is 0 Å². The molecule has 1 fully saturated rings. The standard InChI is InChI=1S/C23H26N4O/c1-17-9-11-18(12-10-17)15-24-21-14-22(25-16-20-8-5-13-28-20)27-23(26-21)19-6-3-2-4-7-19/h2-4,6-7,9-12,14,20H,5,8,13,15-16H2,1H3,(H2,24,25,26,27). The van der Waals surface area contributed by atoms with Gasteiger partial charge in [-0.15, -0.1) is 0 Å². The molecule has 0 aliphatic carbocycles. The van der Waals surface area contributed by atoms with Crippen molar-refractivity contribution < 1.29 is 4.74 Å². The highest BCUT2D eigenvalue weighted by molar-refractivity contribution is 5.61. The predicted octanol–water partition coefficient (Wildman–Crippen LogP) is 4.66. The normalized spacial score (nSPS) is 16.1. The Morgan fingerprint density at radius 1 is 0.964 bits per heavy atom. The van der Waals surface area contributed by atoms with Crippen LogP contribution in [-0.2, 0) is 11.3 Å². The Labute approximate surface area is 166 Å². The molecule has 1 saturated heterocycles. The van der Waals surface area contributed by atoms with Crippen molar-refractivity contribution in [2.24, 2.45) is 0 Å². The number of aryl methyl sites for hydroxylation is 1. The van der Waals surface area contributed by atoms with Gasteiger partial charge >= 0.3 is 0 Å². The molecule has 4 rings (SSSR count). The summed E-state index contributed by atoms with van der Waals surface area (Å²) < 4.78 is 5.71. The smallest absolute Gasteiger partial charge is 0.163 e. The number of hydrogen-bond donors (Lipinski definition) is 2. The average Bonchev–Trinajstić information content (AvgIpc) is 3.26. The van der Waals surface area contributed by atoms with E-state index in [1.54, 1.807) is 0 Å². The topological polar surface area (TPSA) is 59.1 Å². The zero-order valence-electron chi connectivity index (χ0n) is 16.2. The molecule has 2 aromatic carbocycles. The molecule has 28 heavy (non-hydrogen) atoms. The van der Waals surface area contributed by atoms with E-state index in [2.05, 4.69) is 41.8 Å². The molecular weight excluding hydrogens is 348 g/mol. The van der Waals surface area contributed by atoms with Gasteiger partial charge in [0, 0.05) is 31.3 Å². The van der Waals surface area contributed by atoms with Gasteiger partial charge in [0.1, 0.15) is 11.6 Å². The van der Waals surface area contributed by atoms with Gasteiger partial charge in [0.25, 0.3) is 0 Å². The molecule has 1 unspecified atom stereocenters. The lowest BCUT2D eigenvalue weighted by Crippen LogP contribution is -2.19. The van der Waals surface area contributed by atoms with E-state index < -0.39 is 0 Å². The van der Waals surface area contributed by atoms with E-state index in [1.165, 1.54) is 11.1 Å². The molecule has 0 radical (unpaired) electrons. The van der Waals surface area contributed by atoms with Crippen LogP contribution < -0.4 is 10.6 Å². The molecule has 0 amide bonds. The molecule has 0 spiro atoms. The van der Waals surface area contributed by atoms with Crippen LogP contribution in [0.15, 0.2) is 60.7 Å². The van der Waals surface area contributed by atoms with Crippen molar-refractivity contribution >= 4 is 11.6 Å². The lowest BCUT2D eigenvalue weighted by molar-refractivity contribution is 0.120. The number of hydrogen-bond acceptors (Lipinski definition) is 5. The van der Waals surface area contributed by atoms with Crippen molar-refractivity contribution in [1.82, 2.24) is 9.97 Å². The third-order valence-electron chi connectivity index (χ3n) is 4.89. The van der Waals surface area contributed by atoms with Gasteiger partial charge in [-0.05, 0) is 25.3 Å². The summed E-state index contributed by atoms with van der Waals surface area (Å²) in [5.41, 5.74) is 3.48. The monoisotopic (exact) mass is 374 g/mol. The molecule has 5 nitrogen and oxygen atoms in total. The van der Waals surface area contributed by atoms with E-state index in [9.17, 15) is 0 Å². The van der Waals surface area contributed by atoms with Crippen LogP contribution in [0.1, 0.15) is 24.0 Å². The van der Waals surface area contributed by atoms with Crippen LogP contribution in [0.2, 0.25) is 0 Å². The third-order valence-corrected chi connectivity index (χ3v) is 4.89. The van der Waals surface area contributed by atoms with E-state index >= 15 is 0 Å². The SMILES string of the molecule is Cc1ccc(CNc2cc(NCC3CCCO3)nc(-c3ccccc3)n2)cc1. The first kappa shape index (κ1) is 18.4. The van der Waals surface area contributed by atoms with Gasteiger partial charge in [0.2, 0.25) is 0 Å². The summed E-state index contributed by atoms with van der Waals surface area (Å²) in [6.45, 7) is 4.44. The molecule has 2 heterocycles. The van der Waals surface area contributed by atoms with Crippen molar-refractivity contribution in [1.29, 1.82) is 0 Å². The fourth-order valence-electron chi connectivity index (χ4n) is 3.27. The van der Waals surface area contributed by atoms with Gasteiger partial charge in [0.05, 0.1) is 6.10 Å². The zero-order chi connectivity index (χ0) is 19.2. The number of aromatic nitrogens is 2. The summed E-state index contributed by atoms with van der Waals surface area (Å²) in [6, 6.07) is 20.6. The molecular formula is C23H26N4O. The highest BCUT2D eigenvalue weighted by Gasteiger charge is 2.15. The highest BCUT2D eigenvalue weighted by Crippen LogP contribution is 2.21. The van der Waals surface area contributed by atoms with E-state index in [-0.39, 0.29) is 6.10 Å². The van der Waals surface area contributed by atoms with Gasteiger partial charge in [0.15, 0.2) is 5.82 Å². The first-order valence-electron chi connectivity index (χ1n) is 9.86. The minimum atomic E-state index is 0.263. The van der Waals surface area contributed by atoms with Crippen LogP contribution in [0, 0.1) is 6.92 Å². The maximum absolute atomic E-state index is 5.71. The molecule has 1 aromatic heterocycles. The number of nitrogens with zero attached hydrogens (tertiary/aromatic N) is 2. The number of nitrogens with one attached hydrogen (secondary N) is 2. The maximum Gasteiger partial charge on any atom is 0.163 e. The minimum absolute atomic E-state index is 0.263. The summed E-state index contributed by atoms with van der Waals surface area (Å²) >= 11 is 0. The maximum atomic E-state index is 5.71. The van der Waals surface area contributed by atoms with Crippen molar-refractivity contribution in [3.8, 4) is 11.4 Å². The molecule has 0 bridgehead atoms. The van der Waals surface area contributed by atoms with E-state index in [0.717, 1.165) is 49.7 Å². The van der Waals surface area contributed by atoms with Crippen LogP contribution in [0.4, 0.5) is 11.6 Å². The minimum Gasteiger partial charge on any atom is -0.376 e. The van der Waals surface area contributed by atoms with Crippen molar-refractivity contribution in [2.45, 2.75) is 32.4 Å². The summed E-state index contributed by atoms with van der Waals surface area (Å²) in [5.74, 6) is 2.34. The number of rotatable bonds is 7. The average molecular weight is 374 g/mol. The zero-order valence-corrected chi connectivity index (χ0v) is 16.2. The van der Waals surface area contributed by atoms with Crippen LogP contribution in [0.5, 0.6) is 0 Å². The van der Waals surface area contributed by atoms with E-state index in [1.807, 2.05) is 36.4 Å². The second-order valence-electron chi connectivity index (χ2n) is 7.18. The number of ether oxygens (including phenoxy) is 1. The molecule has 1 aliphatic rings. The first-order valence-corrected chi connectivity index (χ1v) is 9.86. The second kappa shape index (κ2) is 8.85. The molecule has 2 N–H and O–H groups in total. The Morgan fingerprint density at radius 3 is 2.43 bits per heavy atom. The summed E-state index contributed by atoms with van der Waals surface area (Å²) in [5, 5.41) is 6.86. The summed E-state index contributed by atoms with van der Waals surface area (Å²) in [7, 11) is 0. The molecule has 5 heteroatoms. The fourth-order valence-corrected chi connectivity index (χ4v) is 3.27. The van der Waals surface area contributed by atoms with Gasteiger partial charge < -0.3 is 15.4 Å². The van der Waals surface area contributed by atoms with E-state index in [4.69, 9.17) is 14.7 Å². The Morgan fingerprint density at radius 2 is 1.71 bits per heavy atom. The Balaban J connectivity index is 1.53. The number of anilines is 2. The predicted molar refractivity (Wildman–Crippen MR) is 113 cm³/mol. The Hall–Kier alpha value is -2.92. The fraction of sp³-hybridized carbons (Fsp3) is 0.304. The van der Waals surface area contributed by atoms with Crippen LogP contribution in [0.25, 0.3) is 11.4 Å². The van der Waals surface area contributed by atoms with Gasteiger partial charge in [-0.2, -0.15) is 0 Å². The largest absolute Gasteiger partial charge is 0.376 e. The van der Waals surface area contributed by atoms with E-state index in [0.29, 0.717) is 5.82 Å². The lowest BCUT2D eigenvalue weighted by atomic mass is 10.1. The first-order chi connectivity index (χ1) is 13.8. The molecule has 1 atom stereocenters. The van der Waals surface area contributed by atoms with Crippen molar-refractivity contribution in [3.05, 3.63) is 71.8 Å². The molecule has 1 aliphatic heterocycles. The quantitative estimate of drug-likeness (QED) is 0.630. The van der Waals surface area contributed by atoms with Gasteiger partial charge in [-0.25, -0.2) is 9.97 Å². The number of benzene rings is 2. The highest BCUT2D eigenvalue weighted by atomic mass is 16.5. The third kappa shape index (κ3) is 4.87. The summed E-state index contributed by atoms with van der Waals surface area (Å²) in [4.78, 5) is 9.44. The van der Waals surface area contributed by atoms with Crippen molar-refractivity contribution in [3.63, 3.8) is 0 Å². The second-order valence-corrected chi connectivity index (χ2v) is 7.18. The Bertz CT molecular complexity index is 890. The van der Waals surface area contributed by atoms with Crippen LogP contribution in [-0.4, -0.2) is 29.2 Å². The molecule has 0 saturated carbocycles.